The molecular formula is C19H20FN7O2. The summed E-state index contributed by atoms with van der Waals surface area (Å²) in [6.45, 7) is -0.682. The van der Waals surface area contributed by atoms with Crippen LogP contribution >= 0.6 is 0 Å². The topological polar surface area (TPSA) is 103 Å². The van der Waals surface area contributed by atoms with Crippen molar-refractivity contribution in [3.8, 4) is 17.3 Å². The Labute approximate surface area is 171 Å². The Morgan fingerprint density at radius 3 is 2.79 bits per heavy atom. The van der Waals surface area contributed by atoms with Crippen molar-refractivity contribution in [2.45, 2.75) is 39.4 Å². The van der Waals surface area contributed by atoms with Gasteiger partial charge in [-0.2, -0.15) is 9.61 Å². The summed E-state index contributed by atoms with van der Waals surface area (Å²) in [5.41, 5.74) is -1.17. The Bertz CT molecular complexity index is 1330. The number of hydrogen-bond acceptors (Lipinski definition) is 7. The molecule has 9 nitrogen and oxygen atoms in total. The Morgan fingerprint density at radius 1 is 1.28 bits per heavy atom. The minimum atomic E-state index is -2.70. The molecule has 1 aromatic carbocycles. The summed E-state index contributed by atoms with van der Waals surface area (Å²) in [7, 11) is 0. The van der Waals surface area contributed by atoms with Gasteiger partial charge in [0.2, 0.25) is 5.88 Å². The SMILES string of the molecule is [2H]C([2H])(Oc1nn2c(-c3ccccc3F)nnc2cc1C(C)(C)O)c1ncnn1C([2H])([2H])C. The Kier molecular flexibility index (Phi) is 3.62. The van der Waals surface area contributed by atoms with E-state index in [0.717, 1.165) is 11.0 Å². The first kappa shape index (κ1) is 14.6. The fourth-order valence-corrected chi connectivity index (χ4v) is 2.71. The summed E-state index contributed by atoms with van der Waals surface area (Å²) in [5, 5.41) is 26.6. The quantitative estimate of drug-likeness (QED) is 0.529. The fraction of sp³-hybridized carbons (Fsp3) is 0.316. The zero-order chi connectivity index (χ0) is 24.2. The van der Waals surface area contributed by atoms with Gasteiger partial charge in [-0.25, -0.2) is 14.1 Å². The lowest BCUT2D eigenvalue weighted by Gasteiger charge is -2.20. The van der Waals surface area contributed by atoms with Crippen LogP contribution in [-0.4, -0.2) is 39.7 Å². The first-order chi connectivity index (χ1) is 15.3. The van der Waals surface area contributed by atoms with Gasteiger partial charge in [-0.05, 0) is 39.0 Å². The Hall–Kier alpha value is -3.40. The van der Waals surface area contributed by atoms with Crippen molar-refractivity contribution < 1.29 is 19.7 Å². The second kappa shape index (κ2) is 7.21. The van der Waals surface area contributed by atoms with Crippen LogP contribution in [0.3, 0.4) is 0 Å². The first-order valence-corrected chi connectivity index (χ1v) is 8.63. The lowest BCUT2D eigenvalue weighted by atomic mass is 10.0. The molecule has 0 radical (unpaired) electrons. The van der Waals surface area contributed by atoms with Crippen molar-refractivity contribution >= 4 is 5.65 Å². The monoisotopic (exact) mass is 401 g/mol. The van der Waals surface area contributed by atoms with E-state index in [1.807, 2.05) is 0 Å². The number of aryl methyl sites for hydroxylation is 1. The van der Waals surface area contributed by atoms with E-state index in [2.05, 4.69) is 25.4 Å². The van der Waals surface area contributed by atoms with Crippen LogP contribution in [0.1, 0.15) is 37.6 Å². The van der Waals surface area contributed by atoms with E-state index in [-0.39, 0.29) is 28.5 Å². The number of aromatic nitrogens is 7. The van der Waals surface area contributed by atoms with Gasteiger partial charge in [-0.3, -0.25) is 0 Å². The largest absolute Gasteiger partial charge is 0.468 e. The van der Waals surface area contributed by atoms with Crippen molar-refractivity contribution in [1.82, 2.24) is 34.6 Å². The third-order valence-corrected chi connectivity index (χ3v) is 4.13. The minimum Gasteiger partial charge on any atom is -0.468 e. The molecule has 3 aromatic heterocycles. The highest BCUT2D eigenvalue weighted by Gasteiger charge is 2.26. The average Bonchev–Trinajstić information content (AvgIpc) is 3.34. The second-order valence-corrected chi connectivity index (χ2v) is 6.62. The summed E-state index contributed by atoms with van der Waals surface area (Å²) < 4.78 is 54.3. The Morgan fingerprint density at radius 2 is 2.07 bits per heavy atom. The third-order valence-electron chi connectivity index (χ3n) is 4.13. The molecular weight excluding hydrogens is 377 g/mol. The van der Waals surface area contributed by atoms with Crippen LogP contribution in [0.5, 0.6) is 5.88 Å². The number of hydrogen-bond donors (Lipinski definition) is 1. The van der Waals surface area contributed by atoms with Gasteiger partial charge in [-0.1, -0.05) is 12.1 Å². The molecule has 0 aliphatic rings. The highest BCUT2D eigenvalue weighted by molar-refractivity contribution is 5.60. The van der Waals surface area contributed by atoms with Gasteiger partial charge in [0, 0.05) is 6.50 Å². The van der Waals surface area contributed by atoms with Gasteiger partial charge in [0.1, 0.15) is 18.7 Å². The molecule has 0 aliphatic heterocycles. The third kappa shape index (κ3) is 3.54. The zero-order valence-electron chi connectivity index (χ0n) is 19.8. The number of rotatable bonds is 6. The van der Waals surface area contributed by atoms with Crippen LogP contribution in [0.2, 0.25) is 0 Å². The normalized spacial score (nSPS) is 14.9. The van der Waals surface area contributed by atoms with Crippen LogP contribution in [-0.2, 0) is 18.7 Å². The molecule has 3 heterocycles. The lowest BCUT2D eigenvalue weighted by molar-refractivity contribution is 0.0729. The number of benzene rings is 1. The van der Waals surface area contributed by atoms with Crippen molar-refractivity contribution in [3.63, 3.8) is 0 Å². The first-order valence-electron chi connectivity index (χ1n) is 10.6. The lowest BCUT2D eigenvalue weighted by Crippen LogP contribution is -2.20. The maximum Gasteiger partial charge on any atom is 0.238 e. The molecule has 0 bridgehead atoms. The van der Waals surface area contributed by atoms with Crippen LogP contribution < -0.4 is 4.74 Å². The number of halogens is 1. The standard InChI is InChI=1S/C19H20FN7O2/c1-4-26-16(21-11-22-26)10-29-18-13(19(2,3)28)9-15-23-24-17(27(15)25-18)12-7-5-6-8-14(12)20/h5-9,11,28H,4,10H2,1-3H3/i4D2,10D2. The molecule has 4 aromatic rings. The molecule has 29 heavy (non-hydrogen) atoms. The van der Waals surface area contributed by atoms with E-state index in [1.165, 1.54) is 49.6 Å². The molecule has 0 fully saturated rings. The summed E-state index contributed by atoms with van der Waals surface area (Å²) in [5.74, 6) is -1.31. The maximum atomic E-state index is 14.4. The molecule has 150 valence electrons. The van der Waals surface area contributed by atoms with E-state index < -0.39 is 30.3 Å². The van der Waals surface area contributed by atoms with Crippen molar-refractivity contribution in [2.24, 2.45) is 0 Å². The number of fused-ring (bicyclic) bond motifs is 1. The van der Waals surface area contributed by atoms with Gasteiger partial charge in [0.25, 0.3) is 0 Å². The maximum absolute atomic E-state index is 14.4. The minimum absolute atomic E-state index is 0.0452. The average molecular weight is 401 g/mol. The van der Waals surface area contributed by atoms with Crippen molar-refractivity contribution in [2.75, 3.05) is 0 Å². The van der Waals surface area contributed by atoms with Gasteiger partial charge in [0.15, 0.2) is 17.3 Å². The predicted octanol–water partition coefficient (Wildman–Crippen LogP) is 2.35. The number of nitrogens with zero attached hydrogens (tertiary/aromatic N) is 7. The molecule has 4 rings (SSSR count). The van der Waals surface area contributed by atoms with Crippen molar-refractivity contribution in [1.29, 1.82) is 0 Å². The summed E-state index contributed by atoms with van der Waals surface area (Å²) in [6.07, 6.45) is 1.00. The van der Waals surface area contributed by atoms with Gasteiger partial charge in [-0.15, -0.1) is 15.3 Å². The molecule has 1 N–H and O–H groups in total. The molecule has 0 atom stereocenters. The van der Waals surface area contributed by atoms with Crippen LogP contribution in [0, 0.1) is 5.82 Å². The molecule has 0 saturated heterocycles. The van der Waals surface area contributed by atoms with E-state index in [0.29, 0.717) is 0 Å². The van der Waals surface area contributed by atoms with E-state index >= 15 is 0 Å². The molecule has 0 saturated carbocycles. The van der Waals surface area contributed by atoms with Gasteiger partial charge < -0.3 is 9.84 Å². The summed E-state index contributed by atoms with van der Waals surface area (Å²) in [4.78, 5) is 3.81. The fourth-order valence-electron chi connectivity index (χ4n) is 2.71. The van der Waals surface area contributed by atoms with E-state index in [9.17, 15) is 9.50 Å². The number of ether oxygens (including phenoxy) is 1. The summed E-state index contributed by atoms with van der Waals surface area (Å²) >= 11 is 0. The Balaban J connectivity index is 1.88. The van der Waals surface area contributed by atoms with E-state index in [4.69, 9.17) is 10.2 Å². The van der Waals surface area contributed by atoms with Gasteiger partial charge in [0.05, 0.1) is 22.2 Å². The molecule has 0 aliphatic carbocycles. The molecule has 0 amide bonds. The molecule has 0 unspecified atom stereocenters. The smallest absolute Gasteiger partial charge is 0.238 e. The van der Waals surface area contributed by atoms with Crippen LogP contribution in [0.4, 0.5) is 4.39 Å². The highest BCUT2D eigenvalue weighted by Crippen LogP contribution is 2.31. The predicted molar refractivity (Wildman–Crippen MR) is 101 cm³/mol. The zero-order valence-corrected chi connectivity index (χ0v) is 15.8. The van der Waals surface area contributed by atoms with Gasteiger partial charge >= 0.3 is 0 Å². The molecule has 0 spiro atoms. The molecule has 10 heteroatoms. The van der Waals surface area contributed by atoms with Crippen LogP contribution in [0.15, 0.2) is 36.7 Å². The number of aliphatic hydroxyl groups is 1. The second-order valence-electron chi connectivity index (χ2n) is 6.62. The van der Waals surface area contributed by atoms with Crippen LogP contribution in [0.25, 0.3) is 17.0 Å². The van der Waals surface area contributed by atoms with Crippen molar-refractivity contribution in [3.05, 3.63) is 53.9 Å². The van der Waals surface area contributed by atoms with E-state index in [1.54, 1.807) is 6.07 Å². The highest BCUT2D eigenvalue weighted by atomic mass is 19.1. The summed E-state index contributed by atoms with van der Waals surface area (Å²) in [6, 6.07) is 7.28.